The molecule has 0 aliphatic heterocycles. The molecule has 78 valence electrons. The molecule has 0 aromatic heterocycles. The van der Waals surface area contributed by atoms with Gasteiger partial charge in [0.1, 0.15) is 0 Å². The van der Waals surface area contributed by atoms with Crippen LogP contribution in [0.1, 0.15) is 59.3 Å². The van der Waals surface area contributed by atoms with Crippen LogP contribution < -0.4 is 0 Å². The molecule has 1 unspecified atom stereocenters. The van der Waals surface area contributed by atoms with Crippen LogP contribution in [0.3, 0.4) is 0 Å². The topological polar surface area (TPSA) is 20.2 Å². The molecule has 0 aromatic rings. The Morgan fingerprint density at radius 2 is 1.69 bits per heavy atom. The summed E-state index contributed by atoms with van der Waals surface area (Å²) in [4.78, 5) is 0. The van der Waals surface area contributed by atoms with Crippen molar-refractivity contribution in [3.63, 3.8) is 0 Å². The molecule has 0 heterocycles. The molecule has 1 fully saturated rings. The molecular weight excluding hydrogens is 160 g/mol. The summed E-state index contributed by atoms with van der Waals surface area (Å²) in [5, 5.41) is 9.94. The summed E-state index contributed by atoms with van der Waals surface area (Å²) in [6.45, 7) is 6.38. The zero-order chi connectivity index (χ0) is 9.90. The second-order valence-corrected chi connectivity index (χ2v) is 5.62. The minimum absolute atomic E-state index is 0.0669. The van der Waals surface area contributed by atoms with E-state index in [0.717, 1.165) is 12.3 Å². The highest BCUT2D eigenvalue weighted by atomic mass is 16.3. The fraction of sp³-hybridized carbons (Fsp3) is 1.00. The summed E-state index contributed by atoms with van der Waals surface area (Å²) in [5.74, 6) is 0.794. The minimum Gasteiger partial charge on any atom is -0.393 e. The van der Waals surface area contributed by atoms with E-state index in [4.69, 9.17) is 0 Å². The number of hydrogen-bond donors (Lipinski definition) is 1. The summed E-state index contributed by atoms with van der Waals surface area (Å²) in [5.41, 5.74) is 0.0669. The van der Waals surface area contributed by atoms with Gasteiger partial charge in [-0.3, -0.25) is 0 Å². The van der Waals surface area contributed by atoms with Gasteiger partial charge in [0, 0.05) is 0 Å². The number of aliphatic hydroxyl groups is 1. The van der Waals surface area contributed by atoms with Gasteiger partial charge in [-0.1, -0.05) is 52.9 Å². The molecule has 0 spiro atoms. The molecule has 0 amide bonds. The molecule has 13 heavy (non-hydrogen) atoms. The quantitative estimate of drug-likeness (QED) is 0.697. The zero-order valence-electron chi connectivity index (χ0n) is 9.34. The maximum Gasteiger partial charge on any atom is 0.0591 e. The van der Waals surface area contributed by atoms with Crippen LogP contribution in [-0.2, 0) is 0 Å². The van der Waals surface area contributed by atoms with E-state index < -0.39 is 0 Å². The van der Waals surface area contributed by atoms with E-state index in [1.165, 1.54) is 32.1 Å². The summed E-state index contributed by atoms with van der Waals surface area (Å²) < 4.78 is 0. The van der Waals surface area contributed by atoms with Crippen molar-refractivity contribution in [2.24, 2.45) is 11.3 Å². The fourth-order valence-corrected chi connectivity index (χ4v) is 2.09. The SMILES string of the molecule is CC(C)(C)C(O)CC1CCCCC1. The van der Waals surface area contributed by atoms with Crippen LogP contribution in [0.15, 0.2) is 0 Å². The van der Waals surface area contributed by atoms with Crippen LogP contribution >= 0.6 is 0 Å². The molecule has 1 N–H and O–H groups in total. The third-order valence-electron chi connectivity index (χ3n) is 3.28. The third kappa shape index (κ3) is 3.68. The molecule has 0 saturated heterocycles. The Morgan fingerprint density at radius 3 is 2.15 bits per heavy atom. The highest BCUT2D eigenvalue weighted by Gasteiger charge is 2.26. The van der Waals surface area contributed by atoms with Crippen LogP contribution in [0.5, 0.6) is 0 Å². The lowest BCUT2D eigenvalue weighted by molar-refractivity contribution is 0.0357. The van der Waals surface area contributed by atoms with Gasteiger partial charge in [-0.05, 0) is 17.8 Å². The Morgan fingerprint density at radius 1 is 1.15 bits per heavy atom. The van der Waals surface area contributed by atoms with Crippen molar-refractivity contribution in [1.82, 2.24) is 0 Å². The Kier molecular flexibility index (Phi) is 3.78. The summed E-state index contributed by atoms with van der Waals surface area (Å²) in [6, 6.07) is 0. The Labute approximate surface area is 82.5 Å². The average molecular weight is 184 g/mol. The highest BCUT2D eigenvalue weighted by Crippen LogP contribution is 2.32. The van der Waals surface area contributed by atoms with E-state index in [1.807, 2.05) is 0 Å². The molecule has 1 atom stereocenters. The van der Waals surface area contributed by atoms with Crippen LogP contribution in [0, 0.1) is 11.3 Å². The van der Waals surface area contributed by atoms with Crippen molar-refractivity contribution in [2.75, 3.05) is 0 Å². The van der Waals surface area contributed by atoms with E-state index in [2.05, 4.69) is 20.8 Å². The Bertz CT molecular complexity index is 140. The van der Waals surface area contributed by atoms with E-state index in [0.29, 0.717) is 0 Å². The summed E-state index contributed by atoms with van der Waals surface area (Å²) in [7, 11) is 0. The molecule has 1 aliphatic carbocycles. The van der Waals surface area contributed by atoms with E-state index in [1.54, 1.807) is 0 Å². The van der Waals surface area contributed by atoms with Crippen LogP contribution in [0.25, 0.3) is 0 Å². The molecule has 1 heteroatoms. The van der Waals surface area contributed by atoms with E-state index >= 15 is 0 Å². The predicted molar refractivity (Wildman–Crippen MR) is 56.7 cm³/mol. The highest BCUT2D eigenvalue weighted by molar-refractivity contribution is 4.77. The van der Waals surface area contributed by atoms with Crippen molar-refractivity contribution in [2.45, 2.75) is 65.4 Å². The molecule has 0 radical (unpaired) electrons. The van der Waals surface area contributed by atoms with Gasteiger partial charge in [0.15, 0.2) is 0 Å². The van der Waals surface area contributed by atoms with E-state index in [-0.39, 0.29) is 11.5 Å². The largest absolute Gasteiger partial charge is 0.393 e. The smallest absolute Gasteiger partial charge is 0.0591 e. The Hall–Kier alpha value is -0.0400. The minimum atomic E-state index is -0.115. The fourth-order valence-electron chi connectivity index (χ4n) is 2.09. The van der Waals surface area contributed by atoms with Crippen molar-refractivity contribution < 1.29 is 5.11 Å². The van der Waals surface area contributed by atoms with Crippen LogP contribution in [-0.4, -0.2) is 11.2 Å². The van der Waals surface area contributed by atoms with Gasteiger partial charge in [-0.2, -0.15) is 0 Å². The third-order valence-corrected chi connectivity index (χ3v) is 3.28. The number of hydrogen-bond acceptors (Lipinski definition) is 1. The predicted octanol–water partition coefficient (Wildman–Crippen LogP) is 3.36. The van der Waals surface area contributed by atoms with Gasteiger partial charge >= 0.3 is 0 Å². The maximum absolute atomic E-state index is 9.94. The van der Waals surface area contributed by atoms with Gasteiger partial charge < -0.3 is 5.11 Å². The van der Waals surface area contributed by atoms with Gasteiger partial charge in [0.2, 0.25) is 0 Å². The molecule has 1 saturated carbocycles. The normalized spacial score (nSPS) is 23.1. The number of rotatable bonds is 2. The Balaban J connectivity index is 2.30. The van der Waals surface area contributed by atoms with Gasteiger partial charge in [-0.25, -0.2) is 0 Å². The maximum atomic E-state index is 9.94. The van der Waals surface area contributed by atoms with Crippen molar-refractivity contribution in [1.29, 1.82) is 0 Å². The van der Waals surface area contributed by atoms with Crippen molar-refractivity contribution >= 4 is 0 Å². The average Bonchev–Trinajstić information content (AvgIpc) is 2.04. The van der Waals surface area contributed by atoms with Crippen molar-refractivity contribution in [3.05, 3.63) is 0 Å². The van der Waals surface area contributed by atoms with Crippen LogP contribution in [0.2, 0.25) is 0 Å². The van der Waals surface area contributed by atoms with Gasteiger partial charge in [0.25, 0.3) is 0 Å². The first-order valence-electron chi connectivity index (χ1n) is 5.68. The second-order valence-electron chi connectivity index (χ2n) is 5.62. The van der Waals surface area contributed by atoms with Gasteiger partial charge in [0.05, 0.1) is 6.10 Å². The zero-order valence-corrected chi connectivity index (χ0v) is 9.34. The number of aliphatic hydroxyl groups excluding tert-OH is 1. The summed E-state index contributed by atoms with van der Waals surface area (Å²) >= 11 is 0. The molecule has 1 nitrogen and oxygen atoms in total. The molecule has 0 aromatic carbocycles. The first-order chi connectivity index (χ1) is 6.00. The first kappa shape index (κ1) is 11.0. The molecule has 1 aliphatic rings. The molecule has 0 bridgehead atoms. The van der Waals surface area contributed by atoms with E-state index in [9.17, 15) is 5.11 Å². The summed E-state index contributed by atoms with van der Waals surface area (Å²) in [6.07, 6.45) is 7.74. The lowest BCUT2D eigenvalue weighted by atomic mass is 9.79. The lowest BCUT2D eigenvalue weighted by Crippen LogP contribution is -2.29. The monoisotopic (exact) mass is 184 g/mol. The second kappa shape index (κ2) is 4.45. The first-order valence-corrected chi connectivity index (χ1v) is 5.68. The van der Waals surface area contributed by atoms with Crippen molar-refractivity contribution in [3.8, 4) is 0 Å². The van der Waals surface area contributed by atoms with Gasteiger partial charge in [-0.15, -0.1) is 0 Å². The molecular formula is C12H24O. The lowest BCUT2D eigenvalue weighted by Gasteiger charge is -2.31. The standard InChI is InChI=1S/C12H24O/c1-12(2,3)11(13)9-10-7-5-4-6-8-10/h10-11,13H,4-9H2,1-3H3. The molecule has 1 rings (SSSR count). The van der Waals surface area contributed by atoms with Crippen LogP contribution in [0.4, 0.5) is 0 Å².